The third kappa shape index (κ3) is 4.50. The Labute approximate surface area is 157 Å². The highest BCUT2D eigenvalue weighted by molar-refractivity contribution is 6.29. The molecule has 0 bridgehead atoms. The molecule has 1 aliphatic rings. The van der Waals surface area contributed by atoms with Gasteiger partial charge in [0.15, 0.2) is 10.8 Å². The summed E-state index contributed by atoms with van der Waals surface area (Å²) in [7, 11) is 0. The highest BCUT2D eigenvalue weighted by Gasteiger charge is 2.24. The van der Waals surface area contributed by atoms with Gasteiger partial charge in [-0.1, -0.05) is 11.6 Å². The largest absolute Gasteiger partial charge is 0.490 e. The summed E-state index contributed by atoms with van der Waals surface area (Å²) in [6.07, 6.45) is 3.51. The van der Waals surface area contributed by atoms with E-state index in [0.29, 0.717) is 5.56 Å². The van der Waals surface area contributed by atoms with E-state index in [0.717, 1.165) is 37.0 Å². The van der Waals surface area contributed by atoms with Gasteiger partial charge in [0.25, 0.3) is 5.91 Å². The summed E-state index contributed by atoms with van der Waals surface area (Å²) in [6, 6.07) is 10.9. The molecule has 1 fully saturated rings. The number of halogens is 1. The zero-order chi connectivity index (χ0) is 18.5. The van der Waals surface area contributed by atoms with E-state index in [-0.39, 0.29) is 28.9 Å². The number of hydrogen-bond donors (Lipinski definition) is 1. The summed E-state index contributed by atoms with van der Waals surface area (Å²) in [5.41, 5.74) is 1.84. The first-order valence-corrected chi connectivity index (χ1v) is 8.90. The SMILES string of the molecule is Cc1cc(OC2CCC(NC(=O)c3ccc(Cl)nn3)CC2)ccc1C#N. The predicted octanol–water partition coefficient (Wildman–Crippen LogP) is 3.43. The molecule has 1 aromatic carbocycles. The Kier molecular flexibility index (Phi) is 5.69. The van der Waals surface area contributed by atoms with Crippen LogP contribution in [0.3, 0.4) is 0 Å². The number of aromatic nitrogens is 2. The van der Waals surface area contributed by atoms with Crippen LogP contribution in [0.1, 0.15) is 47.3 Å². The van der Waals surface area contributed by atoms with Gasteiger partial charge >= 0.3 is 0 Å². The lowest BCUT2D eigenvalue weighted by molar-refractivity contribution is 0.0888. The van der Waals surface area contributed by atoms with Crippen molar-refractivity contribution in [3.05, 3.63) is 52.3 Å². The lowest BCUT2D eigenvalue weighted by atomic mass is 9.92. The molecular weight excluding hydrogens is 352 g/mol. The van der Waals surface area contributed by atoms with Crippen molar-refractivity contribution in [1.29, 1.82) is 5.26 Å². The molecule has 7 heteroatoms. The van der Waals surface area contributed by atoms with Crippen LogP contribution in [0.4, 0.5) is 0 Å². The molecule has 0 spiro atoms. The van der Waals surface area contributed by atoms with Gasteiger partial charge in [0.2, 0.25) is 0 Å². The number of aryl methyl sites for hydroxylation is 1. The van der Waals surface area contributed by atoms with E-state index in [1.165, 1.54) is 0 Å². The zero-order valence-electron chi connectivity index (χ0n) is 14.4. The average Bonchev–Trinajstić information content (AvgIpc) is 2.64. The molecule has 3 rings (SSSR count). The van der Waals surface area contributed by atoms with E-state index >= 15 is 0 Å². The van der Waals surface area contributed by atoms with E-state index < -0.39 is 0 Å². The van der Waals surface area contributed by atoms with Gasteiger partial charge in [-0.3, -0.25) is 4.79 Å². The van der Waals surface area contributed by atoms with Gasteiger partial charge in [0, 0.05) is 6.04 Å². The van der Waals surface area contributed by atoms with Crippen molar-refractivity contribution in [2.45, 2.75) is 44.8 Å². The van der Waals surface area contributed by atoms with E-state index in [9.17, 15) is 4.79 Å². The minimum Gasteiger partial charge on any atom is -0.490 e. The van der Waals surface area contributed by atoms with E-state index in [2.05, 4.69) is 21.6 Å². The molecule has 2 aromatic rings. The summed E-state index contributed by atoms with van der Waals surface area (Å²) in [6.45, 7) is 1.90. The molecule has 0 saturated heterocycles. The standard InChI is InChI=1S/C19H19ClN4O2/c1-12-10-16(5-2-13(12)11-21)26-15-6-3-14(4-7-15)22-19(25)17-8-9-18(20)24-23-17/h2,5,8-10,14-15H,3-4,6-7H2,1H3,(H,22,25). The van der Waals surface area contributed by atoms with Gasteiger partial charge in [-0.2, -0.15) is 5.26 Å². The third-order valence-electron chi connectivity index (χ3n) is 4.50. The second kappa shape index (κ2) is 8.15. The number of carbonyl (C=O) groups excluding carboxylic acids is 1. The minimum atomic E-state index is -0.235. The minimum absolute atomic E-state index is 0.0996. The number of ether oxygens (including phenoxy) is 1. The number of rotatable bonds is 4. The molecule has 26 heavy (non-hydrogen) atoms. The Morgan fingerprint density at radius 2 is 2.00 bits per heavy atom. The molecule has 1 aromatic heterocycles. The Morgan fingerprint density at radius 3 is 2.62 bits per heavy atom. The van der Waals surface area contributed by atoms with Crippen LogP contribution < -0.4 is 10.1 Å². The van der Waals surface area contributed by atoms with Crippen molar-refractivity contribution < 1.29 is 9.53 Å². The zero-order valence-corrected chi connectivity index (χ0v) is 15.2. The highest BCUT2D eigenvalue weighted by Crippen LogP contribution is 2.25. The van der Waals surface area contributed by atoms with Gasteiger partial charge in [-0.15, -0.1) is 10.2 Å². The fraction of sp³-hybridized carbons (Fsp3) is 0.368. The maximum Gasteiger partial charge on any atom is 0.272 e. The van der Waals surface area contributed by atoms with Crippen molar-refractivity contribution in [3.8, 4) is 11.8 Å². The maximum atomic E-state index is 12.2. The lowest BCUT2D eigenvalue weighted by Crippen LogP contribution is -2.40. The van der Waals surface area contributed by atoms with Crippen LogP contribution in [0.15, 0.2) is 30.3 Å². The lowest BCUT2D eigenvalue weighted by Gasteiger charge is -2.29. The first-order valence-electron chi connectivity index (χ1n) is 8.52. The molecule has 1 heterocycles. The summed E-state index contributed by atoms with van der Waals surface area (Å²) in [4.78, 5) is 12.2. The van der Waals surface area contributed by atoms with Gasteiger partial charge in [-0.25, -0.2) is 0 Å². The van der Waals surface area contributed by atoms with Crippen molar-refractivity contribution >= 4 is 17.5 Å². The Bertz CT molecular complexity index is 824. The van der Waals surface area contributed by atoms with Gasteiger partial charge in [-0.05, 0) is 68.5 Å². The first-order chi connectivity index (χ1) is 12.5. The second-order valence-corrected chi connectivity index (χ2v) is 6.78. The van der Waals surface area contributed by atoms with Crippen LogP contribution in [0, 0.1) is 18.3 Å². The molecule has 134 valence electrons. The number of nitrogens with zero attached hydrogens (tertiary/aromatic N) is 3. The predicted molar refractivity (Wildman–Crippen MR) is 97.1 cm³/mol. The second-order valence-electron chi connectivity index (χ2n) is 6.39. The topological polar surface area (TPSA) is 87.9 Å². The van der Waals surface area contributed by atoms with E-state index in [1.54, 1.807) is 18.2 Å². The normalized spacial score (nSPS) is 19.4. The molecule has 1 amide bonds. The fourth-order valence-electron chi connectivity index (χ4n) is 3.05. The Balaban J connectivity index is 1.49. The summed E-state index contributed by atoms with van der Waals surface area (Å²) >= 11 is 5.68. The summed E-state index contributed by atoms with van der Waals surface area (Å²) < 4.78 is 6.03. The van der Waals surface area contributed by atoms with Crippen LogP contribution in [0.5, 0.6) is 5.75 Å². The molecular formula is C19H19ClN4O2. The van der Waals surface area contributed by atoms with Gasteiger partial charge in [0.1, 0.15) is 5.75 Å². The van der Waals surface area contributed by atoms with Crippen molar-refractivity contribution in [2.24, 2.45) is 0 Å². The first kappa shape index (κ1) is 18.2. The van der Waals surface area contributed by atoms with Crippen molar-refractivity contribution in [1.82, 2.24) is 15.5 Å². The van der Waals surface area contributed by atoms with Crippen LogP contribution >= 0.6 is 11.6 Å². The molecule has 0 atom stereocenters. The molecule has 0 aliphatic heterocycles. The number of nitrogens with one attached hydrogen (secondary N) is 1. The molecule has 1 saturated carbocycles. The average molecular weight is 371 g/mol. The van der Waals surface area contributed by atoms with Crippen LogP contribution in [0.25, 0.3) is 0 Å². The van der Waals surface area contributed by atoms with Crippen LogP contribution in [-0.2, 0) is 0 Å². The molecule has 1 aliphatic carbocycles. The fourth-order valence-corrected chi connectivity index (χ4v) is 3.15. The summed E-state index contributed by atoms with van der Waals surface area (Å²) in [5.74, 6) is 0.548. The third-order valence-corrected chi connectivity index (χ3v) is 4.70. The monoisotopic (exact) mass is 370 g/mol. The van der Waals surface area contributed by atoms with E-state index in [1.807, 2.05) is 19.1 Å². The number of nitriles is 1. The molecule has 6 nitrogen and oxygen atoms in total. The van der Waals surface area contributed by atoms with Gasteiger partial charge < -0.3 is 10.1 Å². The highest BCUT2D eigenvalue weighted by atomic mass is 35.5. The van der Waals surface area contributed by atoms with Crippen LogP contribution in [0.2, 0.25) is 5.15 Å². The number of carbonyl (C=O) groups is 1. The smallest absolute Gasteiger partial charge is 0.272 e. The van der Waals surface area contributed by atoms with Gasteiger partial charge in [0.05, 0.1) is 17.7 Å². The molecule has 0 unspecified atom stereocenters. The molecule has 0 radical (unpaired) electrons. The van der Waals surface area contributed by atoms with Crippen molar-refractivity contribution in [3.63, 3.8) is 0 Å². The molecule has 1 N–H and O–H groups in total. The Hall–Kier alpha value is -2.65. The Morgan fingerprint density at radius 1 is 1.23 bits per heavy atom. The number of hydrogen-bond acceptors (Lipinski definition) is 5. The van der Waals surface area contributed by atoms with Crippen molar-refractivity contribution in [2.75, 3.05) is 0 Å². The number of amides is 1. The maximum absolute atomic E-state index is 12.2. The summed E-state index contributed by atoms with van der Waals surface area (Å²) in [5, 5.41) is 19.7. The quantitative estimate of drug-likeness (QED) is 0.890. The number of benzene rings is 1. The van der Waals surface area contributed by atoms with E-state index in [4.69, 9.17) is 21.6 Å². The van der Waals surface area contributed by atoms with Crippen LogP contribution in [-0.4, -0.2) is 28.3 Å².